The molecule has 0 aliphatic carbocycles. The molecule has 2 saturated heterocycles. The molecule has 0 saturated carbocycles. The minimum absolute atomic E-state index is 0.0883. The predicted octanol–water partition coefficient (Wildman–Crippen LogP) is 1.24. The highest BCUT2D eigenvalue weighted by Gasteiger charge is 2.48. The molecule has 1 atom stereocenters. The maximum absolute atomic E-state index is 13.0. The SMILES string of the molecule is CNc1nc(C)cc(C(=O)N2CC(C)(C)OC3(CCOC3)C2)n1. The number of anilines is 1. The van der Waals surface area contributed by atoms with Crippen LogP contribution in [0, 0.1) is 6.92 Å². The van der Waals surface area contributed by atoms with Crippen molar-refractivity contribution in [1.29, 1.82) is 0 Å². The number of nitrogens with zero attached hydrogens (tertiary/aromatic N) is 3. The van der Waals surface area contributed by atoms with E-state index in [0.717, 1.165) is 12.1 Å². The molecule has 1 aromatic rings. The summed E-state index contributed by atoms with van der Waals surface area (Å²) < 4.78 is 11.8. The van der Waals surface area contributed by atoms with E-state index in [2.05, 4.69) is 15.3 Å². The van der Waals surface area contributed by atoms with Crippen LogP contribution >= 0.6 is 0 Å². The molecule has 1 spiro atoms. The molecule has 7 heteroatoms. The molecular formula is C16H24N4O3. The molecule has 3 rings (SSSR count). The largest absolute Gasteiger partial charge is 0.378 e. The lowest BCUT2D eigenvalue weighted by atomic mass is 9.94. The Hall–Kier alpha value is -1.73. The van der Waals surface area contributed by atoms with Gasteiger partial charge in [-0.25, -0.2) is 9.97 Å². The Morgan fingerprint density at radius 3 is 2.78 bits per heavy atom. The molecule has 1 unspecified atom stereocenters. The smallest absolute Gasteiger partial charge is 0.272 e. The Kier molecular flexibility index (Phi) is 4.01. The number of carbonyl (C=O) groups is 1. The molecule has 2 aliphatic rings. The summed E-state index contributed by atoms with van der Waals surface area (Å²) in [7, 11) is 1.74. The lowest BCUT2D eigenvalue weighted by Gasteiger charge is -2.47. The second kappa shape index (κ2) is 5.72. The maximum atomic E-state index is 13.0. The summed E-state index contributed by atoms with van der Waals surface area (Å²) in [6.45, 7) is 8.15. The van der Waals surface area contributed by atoms with Gasteiger partial charge in [0.15, 0.2) is 0 Å². The van der Waals surface area contributed by atoms with Gasteiger partial charge < -0.3 is 19.7 Å². The van der Waals surface area contributed by atoms with E-state index in [1.807, 2.05) is 25.7 Å². The molecule has 2 aliphatic heterocycles. The third-order valence-corrected chi connectivity index (χ3v) is 4.19. The van der Waals surface area contributed by atoms with Crippen molar-refractivity contribution in [1.82, 2.24) is 14.9 Å². The van der Waals surface area contributed by atoms with Crippen molar-refractivity contribution in [2.75, 3.05) is 38.7 Å². The van der Waals surface area contributed by atoms with Gasteiger partial charge in [-0.2, -0.15) is 0 Å². The Balaban J connectivity index is 1.87. The monoisotopic (exact) mass is 320 g/mol. The van der Waals surface area contributed by atoms with Crippen LogP contribution in [0.1, 0.15) is 36.5 Å². The number of amides is 1. The molecule has 0 bridgehead atoms. The van der Waals surface area contributed by atoms with Crippen LogP contribution in [0.3, 0.4) is 0 Å². The molecule has 7 nitrogen and oxygen atoms in total. The molecule has 1 aromatic heterocycles. The second-order valence-electron chi connectivity index (χ2n) is 6.98. The van der Waals surface area contributed by atoms with Gasteiger partial charge in [-0.15, -0.1) is 0 Å². The lowest BCUT2D eigenvalue weighted by molar-refractivity contribution is -0.186. The molecular weight excluding hydrogens is 296 g/mol. The van der Waals surface area contributed by atoms with Crippen LogP contribution in [-0.2, 0) is 9.47 Å². The number of nitrogens with one attached hydrogen (secondary N) is 1. The zero-order valence-electron chi connectivity index (χ0n) is 14.2. The van der Waals surface area contributed by atoms with Gasteiger partial charge in [0.2, 0.25) is 5.95 Å². The standard InChI is InChI=1S/C16H24N4O3/c1-11-7-12(19-14(17-4)18-11)13(21)20-8-15(2,3)23-16(9-20)5-6-22-10-16/h7H,5-6,8-10H2,1-4H3,(H,17,18,19). The Bertz CT molecular complexity index is 611. The first-order chi connectivity index (χ1) is 10.8. The highest BCUT2D eigenvalue weighted by Crippen LogP contribution is 2.35. The molecule has 23 heavy (non-hydrogen) atoms. The number of ether oxygens (including phenoxy) is 2. The molecule has 1 amide bonds. The van der Waals surface area contributed by atoms with Crippen molar-refractivity contribution in [3.05, 3.63) is 17.5 Å². The van der Waals surface area contributed by atoms with E-state index < -0.39 is 11.2 Å². The Labute approximate surface area is 136 Å². The summed E-state index contributed by atoms with van der Waals surface area (Å²) in [4.78, 5) is 23.3. The Morgan fingerprint density at radius 2 is 2.13 bits per heavy atom. The third kappa shape index (κ3) is 3.30. The zero-order valence-corrected chi connectivity index (χ0v) is 14.2. The highest BCUT2D eigenvalue weighted by molar-refractivity contribution is 5.93. The van der Waals surface area contributed by atoms with Crippen LogP contribution in [0.4, 0.5) is 5.95 Å². The van der Waals surface area contributed by atoms with Crippen molar-refractivity contribution in [2.24, 2.45) is 0 Å². The van der Waals surface area contributed by atoms with Crippen molar-refractivity contribution in [3.8, 4) is 0 Å². The zero-order chi connectivity index (χ0) is 16.7. The van der Waals surface area contributed by atoms with Crippen molar-refractivity contribution >= 4 is 11.9 Å². The number of morpholine rings is 1. The van der Waals surface area contributed by atoms with Crippen LogP contribution in [0.15, 0.2) is 6.07 Å². The van der Waals surface area contributed by atoms with Crippen molar-refractivity contribution in [2.45, 2.75) is 38.4 Å². The molecule has 0 radical (unpaired) electrons. The minimum atomic E-state index is -0.407. The summed E-state index contributed by atoms with van der Waals surface area (Å²) in [5.74, 6) is 0.370. The normalized spacial score (nSPS) is 26.5. The average Bonchev–Trinajstić information content (AvgIpc) is 2.91. The average molecular weight is 320 g/mol. The molecule has 3 heterocycles. The van der Waals surface area contributed by atoms with Crippen LogP contribution < -0.4 is 5.32 Å². The van der Waals surface area contributed by atoms with Gasteiger partial charge in [-0.1, -0.05) is 0 Å². The van der Waals surface area contributed by atoms with Gasteiger partial charge in [-0.3, -0.25) is 4.79 Å². The fourth-order valence-electron chi connectivity index (χ4n) is 3.40. The van der Waals surface area contributed by atoms with E-state index in [1.165, 1.54) is 0 Å². The van der Waals surface area contributed by atoms with Crippen molar-refractivity contribution in [3.63, 3.8) is 0 Å². The van der Waals surface area contributed by atoms with Crippen LogP contribution in [0.25, 0.3) is 0 Å². The first-order valence-electron chi connectivity index (χ1n) is 7.93. The lowest BCUT2D eigenvalue weighted by Crippen LogP contribution is -2.61. The van der Waals surface area contributed by atoms with Gasteiger partial charge >= 0.3 is 0 Å². The molecule has 126 valence electrons. The topological polar surface area (TPSA) is 76.6 Å². The van der Waals surface area contributed by atoms with Gasteiger partial charge in [-0.05, 0) is 26.8 Å². The number of rotatable bonds is 2. The fraction of sp³-hybridized carbons (Fsp3) is 0.688. The van der Waals surface area contributed by atoms with Crippen LogP contribution in [-0.4, -0.2) is 65.3 Å². The molecule has 0 aromatic carbocycles. The third-order valence-electron chi connectivity index (χ3n) is 4.19. The van der Waals surface area contributed by atoms with E-state index >= 15 is 0 Å². The molecule has 2 fully saturated rings. The predicted molar refractivity (Wildman–Crippen MR) is 85.6 cm³/mol. The van der Waals surface area contributed by atoms with Gasteiger partial charge in [0.25, 0.3) is 5.91 Å². The molecule has 1 N–H and O–H groups in total. The van der Waals surface area contributed by atoms with Crippen molar-refractivity contribution < 1.29 is 14.3 Å². The van der Waals surface area contributed by atoms with E-state index in [-0.39, 0.29) is 5.91 Å². The number of hydrogen-bond acceptors (Lipinski definition) is 6. The van der Waals surface area contributed by atoms with E-state index in [9.17, 15) is 4.79 Å². The fourth-order valence-corrected chi connectivity index (χ4v) is 3.40. The summed E-state index contributed by atoms with van der Waals surface area (Å²) in [5.41, 5.74) is 0.369. The van der Waals surface area contributed by atoms with Gasteiger partial charge in [0.05, 0.1) is 18.8 Å². The quantitative estimate of drug-likeness (QED) is 0.883. The van der Waals surface area contributed by atoms with Crippen LogP contribution in [0.5, 0.6) is 0 Å². The first kappa shape index (κ1) is 16.1. The van der Waals surface area contributed by atoms with E-state index in [1.54, 1.807) is 13.1 Å². The number of aryl methyl sites for hydroxylation is 1. The van der Waals surface area contributed by atoms with E-state index in [4.69, 9.17) is 9.47 Å². The number of hydrogen-bond donors (Lipinski definition) is 1. The number of carbonyl (C=O) groups excluding carboxylic acids is 1. The van der Waals surface area contributed by atoms with Gasteiger partial charge in [0.1, 0.15) is 11.3 Å². The summed E-state index contributed by atoms with van der Waals surface area (Å²) in [6.07, 6.45) is 0.810. The summed E-state index contributed by atoms with van der Waals surface area (Å²) in [5, 5.41) is 2.89. The van der Waals surface area contributed by atoms with Crippen LogP contribution in [0.2, 0.25) is 0 Å². The van der Waals surface area contributed by atoms with Gasteiger partial charge in [0, 0.05) is 32.3 Å². The summed E-state index contributed by atoms with van der Waals surface area (Å²) in [6, 6.07) is 1.73. The first-order valence-corrected chi connectivity index (χ1v) is 7.93. The Morgan fingerprint density at radius 1 is 1.35 bits per heavy atom. The highest BCUT2D eigenvalue weighted by atomic mass is 16.6. The van der Waals surface area contributed by atoms with E-state index in [0.29, 0.717) is 37.9 Å². The maximum Gasteiger partial charge on any atom is 0.272 e. The second-order valence-corrected chi connectivity index (χ2v) is 6.98. The minimum Gasteiger partial charge on any atom is -0.378 e. The summed E-state index contributed by atoms with van der Waals surface area (Å²) >= 11 is 0. The number of aromatic nitrogens is 2.